The van der Waals surface area contributed by atoms with Crippen molar-refractivity contribution in [3.05, 3.63) is 24.4 Å². The summed E-state index contributed by atoms with van der Waals surface area (Å²) >= 11 is 0. The summed E-state index contributed by atoms with van der Waals surface area (Å²) in [4.78, 5) is 17.9. The minimum absolute atomic E-state index is 0.205. The number of piperazine rings is 1. The van der Waals surface area contributed by atoms with E-state index in [1.165, 1.54) is 0 Å². The Labute approximate surface area is 107 Å². The van der Waals surface area contributed by atoms with Crippen LogP contribution >= 0.6 is 0 Å². The zero-order valence-corrected chi connectivity index (χ0v) is 10.4. The van der Waals surface area contributed by atoms with Crippen molar-refractivity contribution in [2.45, 2.75) is 0 Å². The number of hydrogen-bond donors (Lipinski definition) is 3. The zero-order chi connectivity index (χ0) is 12.6. The third-order valence-electron chi connectivity index (χ3n) is 2.83. The lowest BCUT2D eigenvalue weighted by atomic mass is 10.3. The molecule has 0 saturated carbocycles. The number of aromatic nitrogens is 1. The van der Waals surface area contributed by atoms with E-state index in [0.717, 1.165) is 32.7 Å². The summed E-state index contributed by atoms with van der Waals surface area (Å²) in [6.45, 7) is 5.68. The van der Waals surface area contributed by atoms with Crippen LogP contribution in [0.15, 0.2) is 24.4 Å². The van der Waals surface area contributed by atoms with Gasteiger partial charge in [-0.25, -0.2) is 9.78 Å². The van der Waals surface area contributed by atoms with Crippen LogP contribution in [0.1, 0.15) is 0 Å². The van der Waals surface area contributed by atoms with Crippen molar-refractivity contribution in [3.63, 3.8) is 0 Å². The van der Waals surface area contributed by atoms with Crippen molar-refractivity contribution in [2.24, 2.45) is 0 Å². The van der Waals surface area contributed by atoms with Crippen LogP contribution in [0, 0.1) is 0 Å². The highest BCUT2D eigenvalue weighted by atomic mass is 16.2. The average molecular weight is 249 g/mol. The molecule has 1 aliphatic rings. The van der Waals surface area contributed by atoms with Crippen LogP contribution < -0.4 is 16.0 Å². The van der Waals surface area contributed by atoms with Crippen LogP contribution in [0.4, 0.5) is 10.6 Å². The van der Waals surface area contributed by atoms with E-state index < -0.39 is 0 Å². The van der Waals surface area contributed by atoms with E-state index in [-0.39, 0.29) is 6.03 Å². The molecule has 0 atom stereocenters. The van der Waals surface area contributed by atoms with Gasteiger partial charge >= 0.3 is 6.03 Å². The van der Waals surface area contributed by atoms with Crippen LogP contribution in [0.25, 0.3) is 0 Å². The Hall–Kier alpha value is -1.66. The summed E-state index contributed by atoms with van der Waals surface area (Å²) in [5.41, 5.74) is 0. The topological polar surface area (TPSA) is 69.3 Å². The molecule has 0 unspecified atom stereocenters. The van der Waals surface area contributed by atoms with Crippen molar-refractivity contribution in [2.75, 3.05) is 44.6 Å². The van der Waals surface area contributed by atoms with Gasteiger partial charge in [-0.05, 0) is 12.1 Å². The number of rotatable bonds is 4. The highest BCUT2D eigenvalue weighted by molar-refractivity contribution is 5.88. The molecule has 1 saturated heterocycles. The van der Waals surface area contributed by atoms with Crippen molar-refractivity contribution < 1.29 is 4.79 Å². The molecule has 6 heteroatoms. The number of anilines is 1. The summed E-state index contributed by atoms with van der Waals surface area (Å²) < 4.78 is 0. The van der Waals surface area contributed by atoms with E-state index >= 15 is 0 Å². The second kappa shape index (κ2) is 6.93. The molecule has 0 bridgehead atoms. The molecule has 1 aliphatic heterocycles. The molecule has 1 fully saturated rings. The van der Waals surface area contributed by atoms with Gasteiger partial charge in [0.05, 0.1) is 0 Å². The molecule has 0 aliphatic carbocycles. The van der Waals surface area contributed by atoms with Crippen molar-refractivity contribution >= 4 is 11.8 Å². The van der Waals surface area contributed by atoms with E-state index in [9.17, 15) is 4.79 Å². The molecular formula is C12H19N5O. The first-order valence-corrected chi connectivity index (χ1v) is 6.23. The van der Waals surface area contributed by atoms with E-state index in [0.29, 0.717) is 12.4 Å². The van der Waals surface area contributed by atoms with Gasteiger partial charge in [-0.15, -0.1) is 0 Å². The van der Waals surface area contributed by atoms with Gasteiger partial charge in [0.15, 0.2) is 0 Å². The van der Waals surface area contributed by atoms with E-state index in [4.69, 9.17) is 0 Å². The number of hydrogen-bond acceptors (Lipinski definition) is 4. The molecule has 0 radical (unpaired) electrons. The van der Waals surface area contributed by atoms with Gasteiger partial charge in [0, 0.05) is 45.5 Å². The maximum Gasteiger partial charge on any atom is 0.320 e. The first-order valence-electron chi connectivity index (χ1n) is 6.23. The lowest BCUT2D eigenvalue weighted by Crippen LogP contribution is -2.46. The van der Waals surface area contributed by atoms with E-state index in [2.05, 4.69) is 25.8 Å². The Bertz CT molecular complexity index is 364. The molecule has 6 nitrogen and oxygen atoms in total. The van der Waals surface area contributed by atoms with Gasteiger partial charge in [0.2, 0.25) is 0 Å². The van der Waals surface area contributed by atoms with Gasteiger partial charge in [-0.1, -0.05) is 6.07 Å². The summed E-state index contributed by atoms with van der Waals surface area (Å²) in [5, 5.41) is 8.81. The van der Waals surface area contributed by atoms with Crippen LogP contribution in [-0.4, -0.2) is 55.2 Å². The Morgan fingerprint density at radius 2 is 2.22 bits per heavy atom. The van der Waals surface area contributed by atoms with Crippen LogP contribution in [0.2, 0.25) is 0 Å². The van der Waals surface area contributed by atoms with Crippen molar-refractivity contribution in [3.8, 4) is 0 Å². The Morgan fingerprint density at radius 1 is 1.39 bits per heavy atom. The average Bonchev–Trinajstić information content (AvgIpc) is 2.41. The number of carbonyl (C=O) groups is 1. The standard InChI is InChI=1S/C12H19N5O/c18-12(16-11-3-1-2-4-14-11)15-7-10-17-8-5-13-6-9-17/h1-4,13H,5-10H2,(H2,14,15,16,18). The quantitative estimate of drug-likeness (QED) is 0.708. The molecular weight excluding hydrogens is 230 g/mol. The predicted octanol–water partition coefficient (Wildman–Crippen LogP) is 0.108. The van der Waals surface area contributed by atoms with Crippen LogP contribution in [0.5, 0.6) is 0 Å². The number of urea groups is 1. The monoisotopic (exact) mass is 249 g/mol. The third-order valence-corrected chi connectivity index (χ3v) is 2.83. The van der Waals surface area contributed by atoms with Crippen molar-refractivity contribution in [1.82, 2.24) is 20.5 Å². The van der Waals surface area contributed by atoms with E-state index in [1.807, 2.05) is 12.1 Å². The first kappa shape index (κ1) is 12.8. The summed E-state index contributed by atoms with van der Waals surface area (Å²) in [6, 6.07) is 5.20. The molecule has 1 aromatic heterocycles. The molecule has 2 heterocycles. The fourth-order valence-corrected chi connectivity index (χ4v) is 1.86. The summed E-state index contributed by atoms with van der Waals surface area (Å²) in [6.07, 6.45) is 1.65. The van der Waals surface area contributed by atoms with Gasteiger partial charge in [-0.3, -0.25) is 10.2 Å². The van der Waals surface area contributed by atoms with Crippen molar-refractivity contribution in [1.29, 1.82) is 0 Å². The second-order valence-electron chi connectivity index (χ2n) is 4.19. The largest absolute Gasteiger partial charge is 0.337 e. The lowest BCUT2D eigenvalue weighted by Gasteiger charge is -2.27. The van der Waals surface area contributed by atoms with Crippen LogP contribution in [-0.2, 0) is 0 Å². The number of pyridine rings is 1. The normalized spacial score (nSPS) is 16.2. The molecule has 2 rings (SSSR count). The maximum absolute atomic E-state index is 11.6. The third kappa shape index (κ3) is 4.31. The fraction of sp³-hybridized carbons (Fsp3) is 0.500. The predicted molar refractivity (Wildman–Crippen MR) is 70.6 cm³/mol. The summed E-state index contributed by atoms with van der Waals surface area (Å²) in [5.74, 6) is 0.567. The van der Waals surface area contributed by atoms with Gasteiger partial charge in [0.25, 0.3) is 0 Å². The summed E-state index contributed by atoms with van der Waals surface area (Å²) in [7, 11) is 0. The maximum atomic E-state index is 11.6. The minimum atomic E-state index is -0.205. The Morgan fingerprint density at radius 3 is 2.94 bits per heavy atom. The Kier molecular flexibility index (Phi) is 4.92. The molecule has 2 amide bonds. The molecule has 1 aromatic rings. The fourth-order valence-electron chi connectivity index (χ4n) is 1.86. The number of nitrogens with one attached hydrogen (secondary N) is 3. The first-order chi connectivity index (χ1) is 8.84. The Balaban J connectivity index is 1.62. The highest BCUT2D eigenvalue weighted by Gasteiger charge is 2.09. The minimum Gasteiger partial charge on any atom is -0.337 e. The molecule has 0 spiro atoms. The van der Waals surface area contributed by atoms with Gasteiger partial charge in [-0.2, -0.15) is 0 Å². The number of carbonyl (C=O) groups excluding carboxylic acids is 1. The SMILES string of the molecule is O=C(NCCN1CCNCC1)Nc1ccccn1. The highest BCUT2D eigenvalue weighted by Crippen LogP contribution is 1.98. The van der Waals surface area contributed by atoms with Gasteiger partial charge in [0.1, 0.15) is 5.82 Å². The molecule has 18 heavy (non-hydrogen) atoms. The molecule has 3 N–H and O–H groups in total. The molecule has 98 valence electrons. The van der Waals surface area contributed by atoms with Crippen LogP contribution in [0.3, 0.4) is 0 Å². The number of amides is 2. The number of nitrogens with zero attached hydrogens (tertiary/aromatic N) is 2. The lowest BCUT2D eigenvalue weighted by molar-refractivity contribution is 0.233. The molecule has 0 aromatic carbocycles. The zero-order valence-electron chi connectivity index (χ0n) is 10.4. The smallest absolute Gasteiger partial charge is 0.320 e. The van der Waals surface area contributed by atoms with E-state index in [1.54, 1.807) is 12.3 Å². The van der Waals surface area contributed by atoms with Gasteiger partial charge < -0.3 is 10.6 Å². The second-order valence-corrected chi connectivity index (χ2v) is 4.19.